The first-order valence-electron chi connectivity index (χ1n) is 6.52. The summed E-state index contributed by atoms with van der Waals surface area (Å²) in [6.07, 6.45) is 1.41. The number of nitro groups is 1. The Labute approximate surface area is 129 Å². The predicted octanol–water partition coefficient (Wildman–Crippen LogP) is 3.08. The molecule has 0 saturated heterocycles. The number of nitro benzene ring substituents is 1. The van der Waals surface area contributed by atoms with E-state index in [0.29, 0.717) is 5.56 Å². The minimum atomic E-state index is -0.430. The summed E-state index contributed by atoms with van der Waals surface area (Å²) in [5.74, 6) is 0. The molecule has 3 rings (SSSR count). The van der Waals surface area contributed by atoms with Crippen molar-refractivity contribution in [1.82, 2.24) is 4.57 Å². The van der Waals surface area contributed by atoms with E-state index in [1.807, 2.05) is 35.9 Å². The van der Waals surface area contributed by atoms with Gasteiger partial charge in [0, 0.05) is 13.1 Å². The van der Waals surface area contributed by atoms with Gasteiger partial charge in [0.25, 0.3) is 5.69 Å². The molecule has 0 aliphatic carbocycles. The molecule has 1 aromatic heterocycles. The number of aryl methyl sites for hydroxylation is 1. The first-order chi connectivity index (χ1) is 10.7. The zero-order valence-corrected chi connectivity index (χ0v) is 12.5. The lowest BCUT2D eigenvalue weighted by atomic mass is 10.2. The topological polar surface area (TPSA) is 72.8 Å². The molecule has 0 atom stereocenters. The molecule has 0 fully saturated rings. The number of fused-ring (bicyclic) bond motifs is 1. The van der Waals surface area contributed by atoms with Crippen LogP contribution in [0.25, 0.3) is 10.2 Å². The Morgan fingerprint density at radius 3 is 2.68 bits per heavy atom. The van der Waals surface area contributed by atoms with Crippen LogP contribution < -0.4 is 4.80 Å². The average molecular weight is 312 g/mol. The van der Waals surface area contributed by atoms with Gasteiger partial charge in [0.05, 0.1) is 26.9 Å². The van der Waals surface area contributed by atoms with Crippen LogP contribution in [0.15, 0.2) is 58.7 Å². The second-order valence-electron chi connectivity index (χ2n) is 4.57. The zero-order valence-electron chi connectivity index (χ0n) is 11.7. The van der Waals surface area contributed by atoms with Gasteiger partial charge in [-0.25, -0.2) is 0 Å². The van der Waals surface area contributed by atoms with Gasteiger partial charge in [-0.3, -0.25) is 10.1 Å². The molecule has 0 aliphatic heterocycles. The van der Waals surface area contributed by atoms with Crippen molar-refractivity contribution in [3.8, 4) is 0 Å². The largest absolute Gasteiger partial charge is 0.318 e. The highest BCUT2D eigenvalue weighted by molar-refractivity contribution is 7.16. The van der Waals surface area contributed by atoms with Crippen LogP contribution in [0.2, 0.25) is 0 Å². The first kappa shape index (κ1) is 14.2. The Kier molecular flexibility index (Phi) is 3.80. The van der Waals surface area contributed by atoms with Gasteiger partial charge in [-0.15, -0.1) is 5.10 Å². The van der Waals surface area contributed by atoms with Crippen LogP contribution in [0.4, 0.5) is 5.69 Å². The molecule has 3 aromatic rings. The van der Waals surface area contributed by atoms with Crippen molar-refractivity contribution in [1.29, 1.82) is 0 Å². The lowest BCUT2D eigenvalue weighted by Crippen LogP contribution is -2.08. The van der Waals surface area contributed by atoms with Crippen molar-refractivity contribution < 1.29 is 4.92 Å². The number of hydrogen-bond donors (Lipinski definition) is 0. The smallest absolute Gasteiger partial charge is 0.278 e. The lowest BCUT2D eigenvalue weighted by Gasteiger charge is -1.94. The SMILES string of the molecule is Cn1/c(=N\N=C/c2ccccc2[N+](=O)[O-])sc2ccccc21. The van der Waals surface area contributed by atoms with Crippen molar-refractivity contribution in [2.24, 2.45) is 17.3 Å². The fourth-order valence-electron chi connectivity index (χ4n) is 2.08. The van der Waals surface area contributed by atoms with E-state index in [-0.39, 0.29) is 5.69 Å². The predicted molar refractivity (Wildman–Crippen MR) is 87.0 cm³/mol. The van der Waals surface area contributed by atoms with Crippen molar-refractivity contribution in [2.75, 3.05) is 0 Å². The zero-order chi connectivity index (χ0) is 15.5. The summed E-state index contributed by atoms with van der Waals surface area (Å²) < 4.78 is 3.06. The van der Waals surface area contributed by atoms with Gasteiger partial charge in [-0.1, -0.05) is 35.6 Å². The van der Waals surface area contributed by atoms with E-state index in [2.05, 4.69) is 10.2 Å². The average Bonchev–Trinajstić information content (AvgIpc) is 2.85. The van der Waals surface area contributed by atoms with Gasteiger partial charge in [-0.2, -0.15) is 5.10 Å². The molecule has 2 aromatic carbocycles. The number of thiazole rings is 1. The van der Waals surface area contributed by atoms with Crippen molar-refractivity contribution in [3.63, 3.8) is 0 Å². The summed E-state index contributed by atoms with van der Waals surface area (Å²) in [4.78, 5) is 11.2. The Morgan fingerprint density at radius 2 is 1.91 bits per heavy atom. The molecule has 0 amide bonds. The summed E-state index contributed by atoms with van der Waals surface area (Å²) in [6, 6.07) is 14.4. The van der Waals surface area contributed by atoms with E-state index in [1.54, 1.807) is 18.2 Å². The summed E-state index contributed by atoms with van der Waals surface area (Å²) >= 11 is 1.52. The normalized spacial score (nSPS) is 12.3. The van der Waals surface area contributed by atoms with Crippen molar-refractivity contribution in [2.45, 2.75) is 0 Å². The molecule has 0 radical (unpaired) electrons. The quantitative estimate of drug-likeness (QED) is 0.423. The highest BCUT2D eigenvalue weighted by Crippen LogP contribution is 2.16. The van der Waals surface area contributed by atoms with Gasteiger partial charge in [0.15, 0.2) is 0 Å². The lowest BCUT2D eigenvalue weighted by molar-refractivity contribution is -0.385. The van der Waals surface area contributed by atoms with E-state index >= 15 is 0 Å². The summed E-state index contributed by atoms with van der Waals surface area (Å²) in [5, 5.41) is 19.1. The van der Waals surface area contributed by atoms with Gasteiger partial charge < -0.3 is 4.57 Å². The molecule has 22 heavy (non-hydrogen) atoms. The maximum absolute atomic E-state index is 10.9. The highest BCUT2D eigenvalue weighted by atomic mass is 32.1. The van der Waals surface area contributed by atoms with E-state index in [1.165, 1.54) is 23.6 Å². The number of hydrogen-bond acceptors (Lipinski definition) is 5. The molecule has 6 nitrogen and oxygen atoms in total. The second-order valence-corrected chi connectivity index (χ2v) is 5.58. The monoisotopic (exact) mass is 312 g/mol. The van der Waals surface area contributed by atoms with Crippen LogP contribution in [0.3, 0.4) is 0 Å². The molecule has 7 heteroatoms. The first-order valence-corrected chi connectivity index (χ1v) is 7.33. The third-order valence-corrected chi connectivity index (χ3v) is 4.29. The molecule has 0 aliphatic rings. The number of nitrogens with zero attached hydrogens (tertiary/aromatic N) is 4. The fraction of sp³-hybridized carbons (Fsp3) is 0.0667. The molecule has 1 heterocycles. The number of aromatic nitrogens is 1. The van der Waals surface area contributed by atoms with Crippen molar-refractivity contribution in [3.05, 3.63) is 69.0 Å². The maximum Gasteiger partial charge on any atom is 0.278 e. The van der Waals surface area contributed by atoms with Crippen molar-refractivity contribution >= 4 is 33.5 Å². The number of rotatable bonds is 3. The Bertz CT molecular complexity index is 940. The van der Waals surface area contributed by atoms with Gasteiger partial charge in [0.2, 0.25) is 4.80 Å². The van der Waals surface area contributed by atoms with Crippen LogP contribution in [0.1, 0.15) is 5.56 Å². The van der Waals surface area contributed by atoms with Crippen LogP contribution >= 0.6 is 11.3 Å². The van der Waals surface area contributed by atoms with Crippen LogP contribution in [0.5, 0.6) is 0 Å². The number of para-hydroxylation sites is 2. The van der Waals surface area contributed by atoms with Gasteiger partial charge in [-0.05, 0) is 18.2 Å². The molecular formula is C15H12N4O2S. The summed E-state index contributed by atoms with van der Waals surface area (Å²) in [5.41, 5.74) is 1.52. The Morgan fingerprint density at radius 1 is 1.18 bits per heavy atom. The summed E-state index contributed by atoms with van der Waals surface area (Å²) in [6.45, 7) is 0. The standard InChI is InChI=1S/C15H12N4O2S/c1-18-13-8-4-5-9-14(13)22-15(18)17-16-10-11-6-2-3-7-12(11)19(20)21/h2-10H,1H3/b16-10-,17-15+. The molecule has 0 saturated carbocycles. The summed E-state index contributed by atoms with van der Waals surface area (Å²) in [7, 11) is 1.91. The fourth-order valence-corrected chi connectivity index (χ4v) is 3.06. The molecule has 0 unspecified atom stereocenters. The van der Waals surface area contributed by atoms with E-state index in [9.17, 15) is 10.1 Å². The molecule has 0 spiro atoms. The maximum atomic E-state index is 10.9. The Hall–Kier alpha value is -2.80. The molecular weight excluding hydrogens is 300 g/mol. The van der Waals surface area contributed by atoms with Gasteiger partial charge >= 0.3 is 0 Å². The minimum absolute atomic E-state index is 0.0159. The van der Waals surface area contributed by atoms with Crippen LogP contribution in [-0.2, 0) is 7.05 Å². The van der Waals surface area contributed by atoms with E-state index in [4.69, 9.17) is 0 Å². The van der Waals surface area contributed by atoms with Crippen LogP contribution in [-0.4, -0.2) is 15.7 Å². The Balaban J connectivity index is 1.99. The van der Waals surface area contributed by atoms with Gasteiger partial charge in [0.1, 0.15) is 0 Å². The minimum Gasteiger partial charge on any atom is -0.318 e. The molecule has 0 N–H and O–H groups in total. The van der Waals surface area contributed by atoms with E-state index in [0.717, 1.165) is 15.0 Å². The molecule has 110 valence electrons. The molecule has 0 bridgehead atoms. The number of benzene rings is 2. The van der Waals surface area contributed by atoms with E-state index < -0.39 is 4.92 Å². The highest BCUT2D eigenvalue weighted by Gasteiger charge is 2.09. The third kappa shape index (κ3) is 2.66. The second kappa shape index (κ2) is 5.90. The third-order valence-electron chi connectivity index (χ3n) is 3.19. The van der Waals surface area contributed by atoms with Crippen LogP contribution in [0, 0.1) is 10.1 Å².